The summed E-state index contributed by atoms with van der Waals surface area (Å²) < 4.78 is 5.62. The minimum Gasteiger partial charge on any atom is -0.491 e. The van der Waals surface area contributed by atoms with Crippen LogP contribution in [0.2, 0.25) is 5.02 Å². The van der Waals surface area contributed by atoms with Gasteiger partial charge in [0.2, 0.25) is 0 Å². The first-order chi connectivity index (χ1) is 14.1. The lowest BCUT2D eigenvalue weighted by Gasteiger charge is -2.35. The molecule has 8 heteroatoms. The second-order valence-corrected chi connectivity index (χ2v) is 8.03. The number of nitriles is 1. The Hall–Kier alpha value is -2.53. The molecule has 1 aliphatic heterocycles. The Balaban J connectivity index is 2.35. The molecular formula is C22H28ClN3O4. The molecule has 162 valence electrons. The molecule has 0 aliphatic carbocycles. The lowest BCUT2D eigenvalue weighted by Crippen LogP contribution is -2.35. The van der Waals surface area contributed by atoms with Crippen molar-refractivity contribution in [2.45, 2.75) is 45.9 Å². The first-order valence-electron chi connectivity index (χ1n) is 9.74. The molecule has 7 nitrogen and oxygen atoms in total. The molecule has 2 rings (SSSR count). The zero-order valence-electron chi connectivity index (χ0n) is 17.9. The van der Waals surface area contributed by atoms with E-state index < -0.39 is 12.1 Å². The molecule has 0 amide bonds. The average molecular weight is 434 g/mol. The van der Waals surface area contributed by atoms with E-state index in [0.717, 1.165) is 0 Å². The number of carbonyl (C=O) groups is 1. The van der Waals surface area contributed by atoms with Crippen molar-refractivity contribution in [1.29, 1.82) is 5.26 Å². The van der Waals surface area contributed by atoms with Gasteiger partial charge in [-0.3, -0.25) is 0 Å². The van der Waals surface area contributed by atoms with Crippen molar-refractivity contribution >= 4 is 23.1 Å². The Morgan fingerprint density at radius 2 is 2.10 bits per heavy atom. The monoisotopic (exact) mass is 433 g/mol. The number of nitrogens with zero attached hydrogens (tertiary/aromatic N) is 2. The van der Waals surface area contributed by atoms with Gasteiger partial charge in [-0.15, -0.1) is 0 Å². The lowest BCUT2D eigenvalue weighted by atomic mass is 9.85. The molecule has 1 aliphatic rings. The molecule has 1 aromatic carbocycles. The zero-order valence-corrected chi connectivity index (χ0v) is 18.6. The molecule has 1 heterocycles. The van der Waals surface area contributed by atoms with Crippen molar-refractivity contribution in [3.05, 3.63) is 45.6 Å². The summed E-state index contributed by atoms with van der Waals surface area (Å²) in [6.07, 6.45) is -0.683. The van der Waals surface area contributed by atoms with Crippen LogP contribution in [0.15, 0.2) is 35.0 Å². The minimum absolute atomic E-state index is 0.0536. The Kier molecular flexibility index (Phi) is 7.90. The van der Waals surface area contributed by atoms with Crippen molar-refractivity contribution in [2.75, 3.05) is 20.2 Å². The van der Waals surface area contributed by atoms with Crippen LogP contribution in [0.3, 0.4) is 0 Å². The van der Waals surface area contributed by atoms with Crippen molar-refractivity contribution in [3.8, 4) is 11.8 Å². The number of aliphatic hydroxyl groups is 1. The summed E-state index contributed by atoms with van der Waals surface area (Å²) in [5.41, 5.74) is 1.73. The van der Waals surface area contributed by atoms with E-state index in [9.17, 15) is 20.3 Å². The number of aliphatic carboxylic acids is 1. The molecule has 30 heavy (non-hydrogen) atoms. The first-order valence-corrected chi connectivity index (χ1v) is 10.1. The van der Waals surface area contributed by atoms with Crippen LogP contribution in [-0.2, 0) is 4.79 Å². The van der Waals surface area contributed by atoms with E-state index >= 15 is 0 Å². The average Bonchev–Trinajstić information content (AvgIpc) is 2.68. The second-order valence-electron chi connectivity index (χ2n) is 7.62. The fraction of sp³-hybridized carbons (Fsp3) is 0.455. The zero-order chi connectivity index (χ0) is 22.6. The quantitative estimate of drug-likeness (QED) is 0.578. The normalized spacial score (nSPS) is 18.0. The topological polar surface area (TPSA) is 106 Å². The van der Waals surface area contributed by atoms with Crippen LogP contribution < -0.4 is 10.1 Å². The molecule has 0 fully saturated rings. The van der Waals surface area contributed by atoms with Crippen LogP contribution in [0.5, 0.6) is 5.75 Å². The number of benzene rings is 1. The van der Waals surface area contributed by atoms with Crippen molar-refractivity contribution < 1.29 is 19.7 Å². The molecule has 2 atom stereocenters. The number of ether oxygens (including phenoxy) is 1. The van der Waals surface area contributed by atoms with E-state index in [-0.39, 0.29) is 29.3 Å². The van der Waals surface area contributed by atoms with E-state index in [0.29, 0.717) is 34.7 Å². The predicted octanol–water partition coefficient (Wildman–Crippen LogP) is 3.05. The number of hydrogen-bond donors (Lipinski definition) is 3. The fourth-order valence-corrected chi connectivity index (χ4v) is 3.55. The highest BCUT2D eigenvalue weighted by atomic mass is 35.5. The Morgan fingerprint density at radius 3 is 2.63 bits per heavy atom. The molecule has 3 N–H and O–H groups in total. The van der Waals surface area contributed by atoms with Crippen LogP contribution in [0.4, 0.5) is 0 Å². The predicted molar refractivity (Wildman–Crippen MR) is 116 cm³/mol. The van der Waals surface area contributed by atoms with Crippen LogP contribution in [0, 0.1) is 11.3 Å². The van der Waals surface area contributed by atoms with Gasteiger partial charge < -0.3 is 25.2 Å². The fourth-order valence-electron chi connectivity index (χ4n) is 3.29. The van der Waals surface area contributed by atoms with Gasteiger partial charge in [0.25, 0.3) is 0 Å². The largest absolute Gasteiger partial charge is 0.491 e. The summed E-state index contributed by atoms with van der Waals surface area (Å²) in [6, 6.07) is 7.00. The molecule has 1 aromatic rings. The molecular weight excluding hydrogens is 406 g/mol. The number of rotatable bonds is 8. The lowest BCUT2D eigenvalue weighted by molar-refractivity contribution is -0.132. The van der Waals surface area contributed by atoms with Crippen LogP contribution >= 0.6 is 11.6 Å². The van der Waals surface area contributed by atoms with Gasteiger partial charge in [-0.05, 0) is 32.0 Å². The second kappa shape index (κ2) is 9.98. The van der Waals surface area contributed by atoms with Crippen molar-refractivity contribution in [2.24, 2.45) is 0 Å². The summed E-state index contributed by atoms with van der Waals surface area (Å²) in [7, 11) is 1.76. The number of carboxylic acids is 1. The molecule has 0 saturated heterocycles. The summed E-state index contributed by atoms with van der Waals surface area (Å²) in [4.78, 5) is 13.8. The van der Waals surface area contributed by atoms with Gasteiger partial charge in [0.05, 0.1) is 28.3 Å². The number of nitrogens with one attached hydrogen (secondary N) is 1. The highest BCUT2D eigenvalue weighted by molar-refractivity contribution is 6.33. The maximum Gasteiger partial charge on any atom is 0.338 e. The van der Waals surface area contributed by atoms with Crippen LogP contribution in [0.1, 0.15) is 33.3 Å². The summed E-state index contributed by atoms with van der Waals surface area (Å²) in [5, 5.41) is 32.9. The standard InChI is InChI=1S/C22H28ClN3O4/c1-12(2)25-10-15(27)11-30-16-6-7-17(19(23)8-16)21-18(9-24)13(3)26(5)14(4)20(21)22(28)29/h6-8,12-13,15,25,27H,10-11H2,1-5H3,(H,28,29)/t13?,15-/m0/s1. The Morgan fingerprint density at radius 1 is 1.43 bits per heavy atom. The van der Waals surface area contributed by atoms with E-state index in [4.69, 9.17) is 16.3 Å². The summed E-state index contributed by atoms with van der Waals surface area (Å²) in [5.74, 6) is -0.670. The Labute approximate surface area is 182 Å². The highest BCUT2D eigenvalue weighted by Gasteiger charge is 2.33. The summed E-state index contributed by atoms with van der Waals surface area (Å²) in [6.45, 7) is 8.02. The number of hydrogen-bond acceptors (Lipinski definition) is 6. The maximum atomic E-state index is 12.0. The van der Waals surface area contributed by atoms with Crippen molar-refractivity contribution in [1.82, 2.24) is 10.2 Å². The molecule has 0 radical (unpaired) electrons. The minimum atomic E-state index is -1.12. The van der Waals surface area contributed by atoms with E-state index in [1.165, 1.54) is 0 Å². The third-order valence-corrected chi connectivity index (χ3v) is 5.47. The first kappa shape index (κ1) is 23.7. The number of halogens is 1. The van der Waals surface area contributed by atoms with E-state index in [1.54, 1.807) is 37.1 Å². The smallest absolute Gasteiger partial charge is 0.338 e. The third-order valence-electron chi connectivity index (χ3n) is 5.16. The van der Waals surface area contributed by atoms with E-state index in [2.05, 4.69) is 11.4 Å². The third kappa shape index (κ3) is 5.14. The Bertz CT molecular complexity index is 917. The number of likely N-dealkylation sites (N-methyl/N-ethyl adjacent to an activating group) is 1. The van der Waals surface area contributed by atoms with E-state index in [1.807, 2.05) is 20.8 Å². The van der Waals surface area contributed by atoms with Gasteiger partial charge in [-0.2, -0.15) is 5.26 Å². The maximum absolute atomic E-state index is 12.0. The molecule has 1 unspecified atom stereocenters. The molecule has 0 aromatic heterocycles. The van der Waals surface area contributed by atoms with Gasteiger partial charge in [-0.25, -0.2) is 4.79 Å². The molecule has 0 bridgehead atoms. The molecule has 0 saturated carbocycles. The van der Waals surface area contributed by atoms with Gasteiger partial charge in [0, 0.05) is 36.5 Å². The van der Waals surface area contributed by atoms with Gasteiger partial charge in [-0.1, -0.05) is 25.4 Å². The van der Waals surface area contributed by atoms with Gasteiger partial charge in [0.1, 0.15) is 18.5 Å². The van der Waals surface area contributed by atoms with Gasteiger partial charge >= 0.3 is 5.97 Å². The number of allylic oxidation sites excluding steroid dienone is 1. The highest BCUT2D eigenvalue weighted by Crippen LogP contribution is 2.40. The van der Waals surface area contributed by atoms with Gasteiger partial charge in [0.15, 0.2) is 0 Å². The molecule has 0 spiro atoms. The van der Waals surface area contributed by atoms with Crippen molar-refractivity contribution in [3.63, 3.8) is 0 Å². The van der Waals surface area contributed by atoms with Crippen LogP contribution in [0.25, 0.3) is 5.57 Å². The summed E-state index contributed by atoms with van der Waals surface area (Å²) >= 11 is 6.48. The number of carboxylic acid groups (broad SMARTS) is 1. The number of aliphatic hydroxyl groups excluding tert-OH is 1. The van der Waals surface area contributed by atoms with Crippen LogP contribution in [-0.4, -0.2) is 59.5 Å². The SMILES string of the molecule is CC1=C(C(=O)O)C(c2ccc(OC[C@@H](O)CNC(C)C)cc2Cl)=C(C#N)C(C)N1C.